The van der Waals surface area contributed by atoms with Crippen molar-refractivity contribution in [2.75, 3.05) is 20.3 Å². The normalized spacial score (nSPS) is 17.6. The van der Waals surface area contributed by atoms with Crippen LogP contribution in [0.3, 0.4) is 0 Å². The highest BCUT2D eigenvalue weighted by atomic mass is 32.1. The minimum Gasteiger partial charge on any atom is -0.497 e. The van der Waals surface area contributed by atoms with Crippen LogP contribution in [0.5, 0.6) is 5.75 Å². The Balaban J connectivity index is 2.10. The summed E-state index contributed by atoms with van der Waals surface area (Å²) in [5.41, 5.74) is 0.532. The molecule has 158 valence electrons. The molecule has 1 N–H and O–H groups in total. The zero-order valence-corrected chi connectivity index (χ0v) is 18.1. The first-order valence-electron chi connectivity index (χ1n) is 9.80. The van der Waals surface area contributed by atoms with Gasteiger partial charge < -0.3 is 19.5 Å². The maximum Gasteiger partial charge on any atom is 0.337 e. The highest BCUT2D eigenvalue weighted by Crippen LogP contribution is 2.38. The van der Waals surface area contributed by atoms with E-state index in [2.05, 4.69) is 5.32 Å². The van der Waals surface area contributed by atoms with E-state index in [1.165, 1.54) is 0 Å². The highest BCUT2D eigenvalue weighted by molar-refractivity contribution is 7.80. The smallest absolute Gasteiger partial charge is 0.337 e. The number of carbonyl (C=O) groups is 2. The first kappa shape index (κ1) is 21.8. The van der Waals surface area contributed by atoms with Crippen molar-refractivity contribution >= 4 is 29.1 Å². The number of rotatable bonds is 7. The van der Waals surface area contributed by atoms with E-state index < -0.39 is 23.3 Å². The number of nitrogens with one attached hydrogen (secondary N) is 1. The van der Waals surface area contributed by atoms with Gasteiger partial charge in [0.2, 0.25) is 0 Å². The third-order valence-electron chi connectivity index (χ3n) is 5.23. The fraction of sp³-hybridized carbons (Fsp3) is 0.348. The molecule has 30 heavy (non-hydrogen) atoms. The van der Waals surface area contributed by atoms with Gasteiger partial charge in [-0.15, -0.1) is 0 Å². The number of benzene rings is 2. The van der Waals surface area contributed by atoms with Gasteiger partial charge in [-0.3, -0.25) is 4.79 Å². The van der Waals surface area contributed by atoms with E-state index in [1.807, 2.05) is 31.2 Å². The first-order valence-corrected chi connectivity index (χ1v) is 10.2. The van der Waals surface area contributed by atoms with Crippen LogP contribution in [-0.2, 0) is 19.8 Å². The predicted octanol–water partition coefficient (Wildman–Crippen LogP) is 3.56. The lowest BCUT2D eigenvalue weighted by molar-refractivity contribution is -0.153. The molecule has 1 amide bonds. The van der Waals surface area contributed by atoms with Gasteiger partial charge >= 0.3 is 5.97 Å². The lowest BCUT2D eigenvalue weighted by atomic mass is 9.76. The maximum absolute atomic E-state index is 13.4. The average molecular weight is 428 g/mol. The molecule has 1 saturated heterocycles. The zero-order valence-electron chi connectivity index (χ0n) is 17.3. The summed E-state index contributed by atoms with van der Waals surface area (Å²) < 4.78 is 16.1. The average Bonchev–Trinajstić information content (AvgIpc) is 3.19. The quantitative estimate of drug-likeness (QED) is 0.538. The topological polar surface area (TPSA) is 73.9 Å². The van der Waals surface area contributed by atoms with E-state index in [1.54, 1.807) is 38.3 Å². The van der Waals surface area contributed by atoms with Crippen LogP contribution in [0.2, 0.25) is 0 Å². The van der Waals surface area contributed by atoms with Gasteiger partial charge in [-0.25, -0.2) is 4.79 Å². The first-order chi connectivity index (χ1) is 14.4. The van der Waals surface area contributed by atoms with Crippen LogP contribution in [0, 0.1) is 12.8 Å². The molecule has 1 aliphatic heterocycles. The highest BCUT2D eigenvalue weighted by Gasteiger charge is 2.54. The standard InChI is InChI=1S/C23H25NO5S/c1-4-28-22(26)23(19-13-14-29-21(19)30,17-9-5-15(2)6-10-17)24-20(25)16-7-11-18(27-3)12-8-16/h5-12,19H,4,13-14H2,1-3H3,(H,24,25). The number of methoxy groups -OCH3 is 1. The van der Waals surface area contributed by atoms with Gasteiger partial charge in [0.1, 0.15) is 5.75 Å². The number of carbonyl (C=O) groups excluding carboxylic acids is 2. The number of aryl methyl sites for hydroxylation is 1. The van der Waals surface area contributed by atoms with E-state index in [4.69, 9.17) is 26.4 Å². The number of hydrogen-bond donors (Lipinski definition) is 1. The van der Waals surface area contributed by atoms with Gasteiger partial charge in [0, 0.05) is 5.56 Å². The molecule has 0 saturated carbocycles. The molecule has 1 aliphatic rings. The van der Waals surface area contributed by atoms with Gasteiger partial charge in [-0.05, 0) is 62.3 Å². The minimum atomic E-state index is -1.49. The summed E-state index contributed by atoms with van der Waals surface area (Å²) in [6, 6.07) is 14.1. The summed E-state index contributed by atoms with van der Waals surface area (Å²) in [4.78, 5) is 26.6. The van der Waals surface area contributed by atoms with Crippen molar-refractivity contribution < 1.29 is 23.8 Å². The molecule has 1 fully saturated rings. The number of amides is 1. The molecule has 2 aromatic carbocycles. The second kappa shape index (κ2) is 9.26. The Morgan fingerprint density at radius 2 is 1.83 bits per heavy atom. The van der Waals surface area contributed by atoms with Crippen molar-refractivity contribution in [2.24, 2.45) is 5.92 Å². The number of hydrogen-bond acceptors (Lipinski definition) is 6. The Morgan fingerprint density at radius 1 is 1.17 bits per heavy atom. The van der Waals surface area contributed by atoms with E-state index in [0.717, 1.165) is 5.56 Å². The van der Waals surface area contributed by atoms with Gasteiger partial charge in [0.05, 0.1) is 26.2 Å². The maximum atomic E-state index is 13.4. The Labute approximate surface area is 181 Å². The largest absolute Gasteiger partial charge is 0.497 e. The fourth-order valence-electron chi connectivity index (χ4n) is 3.62. The summed E-state index contributed by atoms with van der Waals surface area (Å²) in [6.45, 7) is 4.24. The van der Waals surface area contributed by atoms with Crippen molar-refractivity contribution in [2.45, 2.75) is 25.8 Å². The molecule has 1 heterocycles. The molecule has 6 nitrogen and oxygen atoms in total. The van der Waals surface area contributed by atoms with Crippen LogP contribution in [0.1, 0.15) is 34.8 Å². The third kappa shape index (κ3) is 4.16. The van der Waals surface area contributed by atoms with Gasteiger partial charge in [0.15, 0.2) is 10.6 Å². The van der Waals surface area contributed by atoms with E-state index >= 15 is 0 Å². The summed E-state index contributed by atoms with van der Waals surface area (Å²) >= 11 is 5.42. The molecule has 0 aromatic heterocycles. The second-order valence-electron chi connectivity index (χ2n) is 7.09. The lowest BCUT2D eigenvalue weighted by Crippen LogP contribution is -2.58. The number of esters is 1. The molecule has 3 rings (SSSR count). The number of thiocarbonyl (C=S) groups is 1. The Hall–Kier alpha value is -2.93. The lowest BCUT2D eigenvalue weighted by Gasteiger charge is -2.37. The van der Waals surface area contributed by atoms with Crippen LogP contribution < -0.4 is 10.1 Å². The SMILES string of the molecule is CCOC(=O)C(NC(=O)c1ccc(OC)cc1)(c1ccc(C)cc1)C1CCOC1=S. The van der Waals surface area contributed by atoms with Crippen LogP contribution in [-0.4, -0.2) is 37.3 Å². The Kier molecular flexibility index (Phi) is 6.72. The number of ether oxygens (including phenoxy) is 3. The summed E-state index contributed by atoms with van der Waals surface area (Å²) in [5.74, 6) is -0.877. The van der Waals surface area contributed by atoms with E-state index in [-0.39, 0.29) is 6.61 Å². The third-order valence-corrected chi connectivity index (χ3v) is 5.63. The van der Waals surface area contributed by atoms with Crippen molar-refractivity contribution in [3.05, 3.63) is 65.2 Å². The molecule has 2 aromatic rings. The van der Waals surface area contributed by atoms with Crippen molar-refractivity contribution in [1.29, 1.82) is 0 Å². The summed E-state index contributed by atoms with van der Waals surface area (Å²) in [5, 5.41) is 3.25. The summed E-state index contributed by atoms with van der Waals surface area (Å²) in [7, 11) is 1.55. The van der Waals surface area contributed by atoms with Gasteiger partial charge in [-0.1, -0.05) is 29.8 Å². The Bertz CT molecular complexity index is 926. The van der Waals surface area contributed by atoms with Crippen LogP contribution in [0.25, 0.3) is 0 Å². The van der Waals surface area contributed by atoms with Crippen molar-refractivity contribution in [3.8, 4) is 5.75 Å². The van der Waals surface area contributed by atoms with Gasteiger partial charge in [0.25, 0.3) is 5.91 Å². The van der Waals surface area contributed by atoms with E-state index in [9.17, 15) is 9.59 Å². The molecule has 0 bridgehead atoms. The molecular weight excluding hydrogens is 402 g/mol. The van der Waals surface area contributed by atoms with Crippen LogP contribution in [0.4, 0.5) is 0 Å². The van der Waals surface area contributed by atoms with Crippen molar-refractivity contribution in [1.82, 2.24) is 5.32 Å². The molecule has 0 spiro atoms. The molecule has 2 atom stereocenters. The predicted molar refractivity (Wildman–Crippen MR) is 117 cm³/mol. The molecule has 0 radical (unpaired) electrons. The monoisotopic (exact) mass is 427 g/mol. The minimum absolute atomic E-state index is 0.172. The van der Waals surface area contributed by atoms with Crippen LogP contribution >= 0.6 is 12.2 Å². The fourth-order valence-corrected chi connectivity index (χ4v) is 3.99. The molecular formula is C23H25NO5S. The van der Waals surface area contributed by atoms with Gasteiger partial charge in [-0.2, -0.15) is 0 Å². The summed E-state index contributed by atoms with van der Waals surface area (Å²) in [6.07, 6.45) is 0.494. The molecule has 7 heteroatoms. The van der Waals surface area contributed by atoms with E-state index in [0.29, 0.717) is 35.0 Å². The van der Waals surface area contributed by atoms with Crippen molar-refractivity contribution in [3.63, 3.8) is 0 Å². The molecule has 2 unspecified atom stereocenters. The molecule has 0 aliphatic carbocycles. The van der Waals surface area contributed by atoms with Crippen LogP contribution in [0.15, 0.2) is 48.5 Å². The zero-order chi connectivity index (χ0) is 21.7. The Morgan fingerprint density at radius 3 is 2.37 bits per heavy atom. The second-order valence-corrected chi connectivity index (χ2v) is 7.49.